The molecule has 1 rings (SSSR count). The fourth-order valence-corrected chi connectivity index (χ4v) is 1.20. The number of anilines is 2. The highest BCUT2D eigenvalue weighted by molar-refractivity contribution is 5.94. The third-order valence-corrected chi connectivity index (χ3v) is 2.03. The van der Waals surface area contributed by atoms with Crippen LogP contribution in [-0.2, 0) is 0 Å². The molecule has 5 nitrogen and oxygen atoms in total. The van der Waals surface area contributed by atoms with Crippen LogP contribution in [-0.4, -0.2) is 19.0 Å². The van der Waals surface area contributed by atoms with Crippen LogP contribution in [0.3, 0.4) is 0 Å². The zero-order valence-corrected chi connectivity index (χ0v) is 8.49. The summed E-state index contributed by atoms with van der Waals surface area (Å²) >= 11 is 0. The summed E-state index contributed by atoms with van der Waals surface area (Å²) in [5.41, 5.74) is 18.0. The number of primary amides is 1. The van der Waals surface area contributed by atoms with Gasteiger partial charge in [-0.25, -0.2) is 0 Å². The van der Waals surface area contributed by atoms with Gasteiger partial charge in [-0.3, -0.25) is 4.79 Å². The Morgan fingerprint density at radius 1 is 1.40 bits per heavy atom. The van der Waals surface area contributed by atoms with Crippen LogP contribution in [0.5, 0.6) is 0 Å². The van der Waals surface area contributed by atoms with Crippen molar-refractivity contribution in [1.29, 1.82) is 0 Å². The monoisotopic (exact) mass is 208 g/mol. The SMILES string of the molecule is NCCCNc1ccc(C(N)=O)cc1N. The molecule has 0 aliphatic rings. The van der Waals surface area contributed by atoms with Gasteiger partial charge in [-0.1, -0.05) is 0 Å². The lowest BCUT2D eigenvalue weighted by atomic mass is 10.1. The Balaban J connectivity index is 2.70. The molecule has 1 aromatic carbocycles. The second kappa shape index (κ2) is 5.21. The summed E-state index contributed by atoms with van der Waals surface area (Å²) in [6, 6.07) is 4.95. The highest BCUT2D eigenvalue weighted by Gasteiger charge is 2.03. The van der Waals surface area contributed by atoms with Gasteiger partial charge in [-0.15, -0.1) is 0 Å². The summed E-state index contributed by atoms with van der Waals surface area (Å²) in [7, 11) is 0. The summed E-state index contributed by atoms with van der Waals surface area (Å²) in [6.07, 6.45) is 0.872. The second-order valence-electron chi connectivity index (χ2n) is 3.24. The Bertz CT molecular complexity index is 351. The van der Waals surface area contributed by atoms with Crippen molar-refractivity contribution >= 4 is 17.3 Å². The molecule has 0 spiro atoms. The lowest BCUT2D eigenvalue weighted by Crippen LogP contribution is -2.13. The van der Waals surface area contributed by atoms with E-state index in [2.05, 4.69) is 5.32 Å². The fourth-order valence-electron chi connectivity index (χ4n) is 1.20. The number of rotatable bonds is 5. The first-order valence-corrected chi connectivity index (χ1v) is 4.78. The molecule has 0 aliphatic heterocycles. The Kier molecular flexibility index (Phi) is 3.93. The molecule has 0 heterocycles. The van der Waals surface area contributed by atoms with E-state index in [0.29, 0.717) is 17.8 Å². The van der Waals surface area contributed by atoms with Crippen LogP contribution in [0.1, 0.15) is 16.8 Å². The molecule has 0 bridgehead atoms. The lowest BCUT2D eigenvalue weighted by Gasteiger charge is -2.09. The number of nitrogens with two attached hydrogens (primary N) is 3. The lowest BCUT2D eigenvalue weighted by molar-refractivity contribution is 0.100. The van der Waals surface area contributed by atoms with Crippen molar-refractivity contribution in [3.63, 3.8) is 0 Å². The van der Waals surface area contributed by atoms with Crippen LogP contribution >= 0.6 is 0 Å². The molecular formula is C10H16N4O. The van der Waals surface area contributed by atoms with Crippen molar-refractivity contribution in [3.05, 3.63) is 23.8 Å². The standard InChI is InChI=1S/C10H16N4O/c11-4-1-5-14-9-3-2-7(10(13)15)6-8(9)12/h2-3,6,14H,1,4-5,11-12H2,(H2,13,15). The van der Waals surface area contributed by atoms with Crippen molar-refractivity contribution in [2.45, 2.75) is 6.42 Å². The highest BCUT2D eigenvalue weighted by atomic mass is 16.1. The maximum absolute atomic E-state index is 10.9. The zero-order valence-electron chi connectivity index (χ0n) is 8.49. The van der Waals surface area contributed by atoms with Gasteiger partial charge in [-0.05, 0) is 31.2 Å². The first-order valence-electron chi connectivity index (χ1n) is 4.78. The first-order chi connectivity index (χ1) is 7.15. The van der Waals surface area contributed by atoms with E-state index < -0.39 is 5.91 Å². The number of nitrogens with one attached hydrogen (secondary N) is 1. The van der Waals surface area contributed by atoms with Crippen molar-refractivity contribution in [2.24, 2.45) is 11.5 Å². The molecule has 0 unspecified atom stereocenters. The first kappa shape index (κ1) is 11.3. The van der Waals surface area contributed by atoms with Crippen LogP contribution < -0.4 is 22.5 Å². The van der Waals surface area contributed by atoms with E-state index in [0.717, 1.165) is 18.7 Å². The van der Waals surface area contributed by atoms with E-state index in [-0.39, 0.29) is 0 Å². The van der Waals surface area contributed by atoms with E-state index in [1.54, 1.807) is 18.2 Å². The van der Waals surface area contributed by atoms with Gasteiger partial charge in [0, 0.05) is 12.1 Å². The molecule has 1 aromatic rings. The minimum absolute atomic E-state index is 0.414. The van der Waals surface area contributed by atoms with Gasteiger partial charge < -0.3 is 22.5 Å². The molecule has 7 N–H and O–H groups in total. The van der Waals surface area contributed by atoms with Crippen LogP contribution in [0.2, 0.25) is 0 Å². The summed E-state index contributed by atoms with van der Waals surface area (Å²) in [5.74, 6) is -0.477. The minimum atomic E-state index is -0.477. The van der Waals surface area contributed by atoms with Crippen molar-refractivity contribution in [1.82, 2.24) is 0 Å². The number of nitrogen functional groups attached to an aromatic ring is 1. The van der Waals surface area contributed by atoms with E-state index >= 15 is 0 Å². The van der Waals surface area contributed by atoms with Gasteiger partial charge in [0.05, 0.1) is 11.4 Å². The average molecular weight is 208 g/mol. The molecule has 0 atom stereocenters. The second-order valence-corrected chi connectivity index (χ2v) is 3.24. The Morgan fingerprint density at radius 2 is 2.13 bits per heavy atom. The van der Waals surface area contributed by atoms with E-state index in [4.69, 9.17) is 17.2 Å². The predicted octanol–water partition coefficient (Wildman–Crippen LogP) is 0.128. The maximum atomic E-state index is 10.9. The molecular weight excluding hydrogens is 192 g/mol. The molecule has 0 saturated heterocycles. The summed E-state index contributed by atoms with van der Waals surface area (Å²) in [6.45, 7) is 1.39. The zero-order chi connectivity index (χ0) is 11.3. The molecule has 0 radical (unpaired) electrons. The largest absolute Gasteiger partial charge is 0.397 e. The van der Waals surface area contributed by atoms with E-state index in [1.165, 1.54) is 0 Å². The molecule has 5 heteroatoms. The summed E-state index contributed by atoms with van der Waals surface area (Å²) in [4.78, 5) is 10.9. The Hall–Kier alpha value is -1.75. The quantitative estimate of drug-likeness (QED) is 0.407. The Morgan fingerprint density at radius 3 is 2.67 bits per heavy atom. The molecule has 82 valence electrons. The third kappa shape index (κ3) is 3.14. The molecule has 0 fully saturated rings. The van der Waals surface area contributed by atoms with E-state index in [9.17, 15) is 4.79 Å². The number of benzene rings is 1. The number of hydrogen-bond donors (Lipinski definition) is 4. The van der Waals surface area contributed by atoms with Crippen LogP contribution in [0.15, 0.2) is 18.2 Å². The van der Waals surface area contributed by atoms with Crippen LogP contribution in [0.4, 0.5) is 11.4 Å². The number of carbonyl (C=O) groups is 1. The molecule has 1 amide bonds. The molecule has 0 aliphatic carbocycles. The maximum Gasteiger partial charge on any atom is 0.248 e. The topological polar surface area (TPSA) is 107 Å². The van der Waals surface area contributed by atoms with Gasteiger partial charge in [-0.2, -0.15) is 0 Å². The third-order valence-electron chi connectivity index (χ3n) is 2.03. The number of amides is 1. The average Bonchev–Trinajstić information content (AvgIpc) is 2.20. The minimum Gasteiger partial charge on any atom is -0.397 e. The number of hydrogen-bond acceptors (Lipinski definition) is 4. The normalized spacial score (nSPS) is 9.93. The highest BCUT2D eigenvalue weighted by Crippen LogP contribution is 2.19. The fraction of sp³-hybridized carbons (Fsp3) is 0.300. The number of carbonyl (C=O) groups excluding carboxylic acids is 1. The van der Waals surface area contributed by atoms with Crippen molar-refractivity contribution in [3.8, 4) is 0 Å². The van der Waals surface area contributed by atoms with Gasteiger partial charge >= 0.3 is 0 Å². The van der Waals surface area contributed by atoms with Crippen molar-refractivity contribution in [2.75, 3.05) is 24.1 Å². The van der Waals surface area contributed by atoms with Gasteiger partial charge in [0.1, 0.15) is 0 Å². The Labute approximate surface area is 88.6 Å². The predicted molar refractivity (Wildman–Crippen MR) is 61.5 cm³/mol. The summed E-state index contributed by atoms with van der Waals surface area (Å²) < 4.78 is 0. The van der Waals surface area contributed by atoms with Gasteiger partial charge in [0.2, 0.25) is 5.91 Å². The van der Waals surface area contributed by atoms with Crippen LogP contribution in [0.25, 0.3) is 0 Å². The van der Waals surface area contributed by atoms with E-state index in [1.807, 2.05) is 0 Å². The van der Waals surface area contributed by atoms with Gasteiger partial charge in [0.15, 0.2) is 0 Å². The van der Waals surface area contributed by atoms with Crippen molar-refractivity contribution < 1.29 is 4.79 Å². The molecule has 15 heavy (non-hydrogen) atoms. The van der Waals surface area contributed by atoms with Gasteiger partial charge in [0.25, 0.3) is 0 Å². The van der Waals surface area contributed by atoms with Crippen LogP contribution in [0, 0.1) is 0 Å². The summed E-state index contributed by atoms with van der Waals surface area (Å²) in [5, 5.41) is 3.12. The molecule has 0 saturated carbocycles. The smallest absolute Gasteiger partial charge is 0.248 e. The molecule has 0 aromatic heterocycles.